The van der Waals surface area contributed by atoms with Gasteiger partial charge in [0.05, 0.1) is 5.69 Å². The van der Waals surface area contributed by atoms with E-state index in [4.69, 9.17) is 4.52 Å². The summed E-state index contributed by atoms with van der Waals surface area (Å²) in [6.45, 7) is 6.93. The van der Waals surface area contributed by atoms with Gasteiger partial charge in [-0.2, -0.15) is 0 Å². The van der Waals surface area contributed by atoms with Gasteiger partial charge in [-0.15, -0.1) is 0 Å². The van der Waals surface area contributed by atoms with Crippen molar-refractivity contribution >= 4 is 5.91 Å². The summed E-state index contributed by atoms with van der Waals surface area (Å²) in [6, 6.07) is 8.41. The highest BCUT2D eigenvalue weighted by Crippen LogP contribution is 2.40. The number of carbonyl (C=O) groups excluding carboxylic acids is 1. The third-order valence-corrected chi connectivity index (χ3v) is 4.30. The Kier molecular flexibility index (Phi) is 3.77. The Morgan fingerprint density at radius 1 is 1.41 bits per heavy atom. The van der Waals surface area contributed by atoms with Gasteiger partial charge in [0, 0.05) is 17.9 Å². The second-order valence-corrected chi connectivity index (χ2v) is 6.82. The molecule has 3 rings (SSSR count). The van der Waals surface area contributed by atoms with Gasteiger partial charge in [-0.1, -0.05) is 48.8 Å². The third-order valence-electron chi connectivity index (χ3n) is 4.30. The van der Waals surface area contributed by atoms with Crippen LogP contribution in [-0.2, 0) is 5.41 Å². The number of aromatic nitrogens is 1. The fourth-order valence-electron chi connectivity index (χ4n) is 2.63. The molecule has 1 amide bonds. The van der Waals surface area contributed by atoms with Gasteiger partial charge in [0.25, 0.3) is 5.91 Å². The number of amides is 1. The zero-order valence-corrected chi connectivity index (χ0v) is 13.3. The fourth-order valence-corrected chi connectivity index (χ4v) is 2.63. The molecular weight excluding hydrogens is 276 g/mol. The normalized spacial score (nSPS) is 14.9. The van der Waals surface area contributed by atoms with Crippen LogP contribution in [-0.4, -0.2) is 17.6 Å². The first-order chi connectivity index (χ1) is 10.5. The minimum absolute atomic E-state index is 0.0936. The summed E-state index contributed by atoms with van der Waals surface area (Å²) in [5.41, 5.74) is 3.72. The SMILES string of the molecule is Cc1cccc(C(C)(C)CNC(=O)c2conc2C2CC2)c1. The number of rotatable bonds is 5. The average molecular weight is 298 g/mol. The number of nitrogens with one attached hydrogen (secondary N) is 1. The predicted molar refractivity (Wildman–Crippen MR) is 85.0 cm³/mol. The molecule has 1 N–H and O–H groups in total. The minimum Gasteiger partial charge on any atom is -0.364 e. The average Bonchev–Trinajstić information content (AvgIpc) is 3.22. The second kappa shape index (κ2) is 5.59. The van der Waals surface area contributed by atoms with Gasteiger partial charge in [-0.25, -0.2) is 0 Å². The van der Waals surface area contributed by atoms with E-state index in [1.54, 1.807) is 0 Å². The molecule has 2 aromatic rings. The van der Waals surface area contributed by atoms with Crippen molar-refractivity contribution in [3.05, 3.63) is 52.9 Å². The van der Waals surface area contributed by atoms with Crippen molar-refractivity contribution in [1.29, 1.82) is 0 Å². The zero-order valence-electron chi connectivity index (χ0n) is 13.3. The van der Waals surface area contributed by atoms with E-state index in [-0.39, 0.29) is 11.3 Å². The van der Waals surface area contributed by atoms with Gasteiger partial charge in [0.2, 0.25) is 0 Å². The molecule has 4 nitrogen and oxygen atoms in total. The van der Waals surface area contributed by atoms with Crippen LogP contribution < -0.4 is 5.32 Å². The Bertz CT molecular complexity index is 684. The lowest BCUT2D eigenvalue weighted by molar-refractivity contribution is 0.0944. The van der Waals surface area contributed by atoms with Crippen LogP contribution >= 0.6 is 0 Å². The molecule has 0 spiro atoms. The van der Waals surface area contributed by atoms with Gasteiger partial charge in [0.15, 0.2) is 0 Å². The van der Waals surface area contributed by atoms with Gasteiger partial charge in [-0.05, 0) is 25.3 Å². The molecule has 1 aliphatic rings. The van der Waals surface area contributed by atoms with E-state index in [0.29, 0.717) is 18.0 Å². The summed E-state index contributed by atoms with van der Waals surface area (Å²) >= 11 is 0. The van der Waals surface area contributed by atoms with E-state index >= 15 is 0 Å². The number of carbonyl (C=O) groups is 1. The summed E-state index contributed by atoms with van der Waals surface area (Å²) in [5.74, 6) is 0.313. The van der Waals surface area contributed by atoms with E-state index < -0.39 is 0 Å². The highest BCUT2D eigenvalue weighted by atomic mass is 16.5. The molecule has 0 atom stereocenters. The van der Waals surface area contributed by atoms with Crippen LogP contribution in [0.3, 0.4) is 0 Å². The summed E-state index contributed by atoms with van der Waals surface area (Å²) < 4.78 is 4.99. The molecule has 1 heterocycles. The third kappa shape index (κ3) is 3.06. The molecule has 22 heavy (non-hydrogen) atoms. The smallest absolute Gasteiger partial charge is 0.256 e. The fraction of sp³-hybridized carbons (Fsp3) is 0.444. The Labute approximate surface area is 130 Å². The Hall–Kier alpha value is -2.10. The van der Waals surface area contributed by atoms with Crippen LogP contribution in [0.15, 0.2) is 35.1 Å². The summed E-state index contributed by atoms with van der Waals surface area (Å²) in [5, 5.41) is 7.01. The van der Waals surface area contributed by atoms with Crippen molar-refractivity contribution in [1.82, 2.24) is 10.5 Å². The maximum absolute atomic E-state index is 12.4. The van der Waals surface area contributed by atoms with Crippen molar-refractivity contribution in [2.75, 3.05) is 6.54 Å². The maximum atomic E-state index is 12.4. The van der Waals surface area contributed by atoms with E-state index in [0.717, 1.165) is 18.5 Å². The number of benzene rings is 1. The maximum Gasteiger partial charge on any atom is 0.256 e. The number of hydrogen-bond donors (Lipinski definition) is 1. The molecular formula is C18H22N2O2. The second-order valence-electron chi connectivity index (χ2n) is 6.82. The van der Waals surface area contributed by atoms with Crippen molar-refractivity contribution in [2.24, 2.45) is 0 Å². The van der Waals surface area contributed by atoms with Gasteiger partial charge < -0.3 is 9.84 Å². The molecule has 1 saturated carbocycles. The first-order valence-electron chi connectivity index (χ1n) is 7.77. The molecule has 1 aromatic heterocycles. The zero-order chi connectivity index (χ0) is 15.7. The molecule has 0 radical (unpaired) electrons. The van der Waals surface area contributed by atoms with Crippen molar-refractivity contribution in [3.8, 4) is 0 Å². The Balaban J connectivity index is 1.68. The van der Waals surface area contributed by atoms with Crippen LogP contribution in [0.2, 0.25) is 0 Å². The van der Waals surface area contributed by atoms with Crippen molar-refractivity contribution in [3.63, 3.8) is 0 Å². The van der Waals surface area contributed by atoms with Crippen molar-refractivity contribution in [2.45, 2.75) is 44.9 Å². The predicted octanol–water partition coefficient (Wildman–Crippen LogP) is 3.57. The van der Waals surface area contributed by atoms with Crippen LogP contribution in [0, 0.1) is 6.92 Å². The molecule has 1 aliphatic carbocycles. The monoisotopic (exact) mass is 298 g/mol. The quantitative estimate of drug-likeness (QED) is 0.918. The lowest BCUT2D eigenvalue weighted by Gasteiger charge is -2.26. The van der Waals surface area contributed by atoms with Gasteiger partial charge >= 0.3 is 0 Å². The Morgan fingerprint density at radius 2 is 2.18 bits per heavy atom. The van der Waals surface area contributed by atoms with E-state index in [9.17, 15) is 4.79 Å². The largest absolute Gasteiger partial charge is 0.364 e. The standard InChI is InChI=1S/C18H22N2O2/c1-12-5-4-6-14(9-12)18(2,3)11-19-17(21)15-10-22-20-16(15)13-7-8-13/h4-6,9-10,13H,7-8,11H2,1-3H3,(H,19,21). The minimum atomic E-state index is -0.126. The lowest BCUT2D eigenvalue weighted by Crippen LogP contribution is -2.36. The highest BCUT2D eigenvalue weighted by Gasteiger charge is 2.32. The van der Waals surface area contributed by atoms with E-state index in [1.165, 1.54) is 17.4 Å². The van der Waals surface area contributed by atoms with E-state index in [2.05, 4.69) is 55.5 Å². The van der Waals surface area contributed by atoms with Gasteiger partial charge in [0.1, 0.15) is 11.8 Å². The summed E-state index contributed by atoms with van der Waals surface area (Å²) in [6.07, 6.45) is 3.66. The van der Waals surface area contributed by atoms with Crippen LogP contribution in [0.1, 0.15) is 59.8 Å². The molecule has 0 saturated heterocycles. The first-order valence-corrected chi connectivity index (χ1v) is 7.77. The molecule has 0 bridgehead atoms. The van der Waals surface area contributed by atoms with Gasteiger partial charge in [-0.3, -0.25) is 4.79 Å². The molecule has 0 unspecified atom stereocenters. The first kappa shape index (κ1) is 14.8. The van der Waals surface area contributed by atoms with Crippen LogP contribution in [0.5, 0.6) is 0 Å². The lowest BCUT2D eigenvalue weighted by atomic mass is 9.84. The van der Waals surface area contributed by atoms with Crippen LogP contribution in [0.4, 0.5) is 0 Å². The highest BCUT2D eigenvalue weighted by molar-refractivity contribution is 5.95. The van der Waals surface area contributed by atoms with Crippen molar-refractivity contribution < 1.29 is 9.32 Å². The Morgan fingerprint density at radius 3 is 2.86 bits per heavy atom. The van der Waals surface area contributed by atoms with E-state index in [1.807, 2.05) is 0 Å². The molecule has 0 aliphatic heterocycles. The molecule has 1 aromatic carbocycles. The molecule has 1 fully saturated rings. The number of aryl methyl sites for hydroxylation is 1. The molecule has 116 valence electrons. The number of nitrogens with zero attached hydrogens (tertiary/aromatic N) is 1. The number of hydrogen-bond acceptors (Lipinski definition) is 3. The molecule has 4 heteroatoms. The van der Waals surface area contributed by atoms with Crippen LogP contribution in [0.25, 0.3) is 0 Å². The summed E-state index contributed by atoms with van der Waals surface area (Å²) in [4.78, 5) is 12.4. The topological polar surface area (TPSA) is 55.1 Å². The summed E-state index contributed by atoms with van der Waals surface area (Å²) in [7, 11) is 0.